The van der Waals surface area contributed by atoms with E-state index in [0.717, 1.165) is 54.9 Å². The fourth-order valence-corrected chi connectivity index (χ4v) is 6.84. The summed E-state index contributed by atoms with van der Waals surface area (Å²) >= 11 is 0. The van der Waals surface area contributed by atoms with Crippen molar-refractivity contribution in [2.45, 2.75) is 36.6 Å². The van der Waals surface area contributed by atoms with E-state index < -0.39 is 20.7 Å². The van der Waals surface area contributed by atoms with Gasteiger partial charge in [0.2, 0.25) is 15.9 Å². The number of hydrogen-bond acceptors (Lipinski definition) is 6. The summed E-state index contributed by atoms with van der Waals surface area (Å²) in [5.74, 6) is -0.903. The van der Waals surface area contributed by atoms with Crippen LogP contribution in [0.15, 0.2) is 59.8 Å². The zero-order chi connectivity index (χ0) is 26.7. The maximum Gasteiger partial charge on any atom is 0.246 e. The normalized spacial score (nSPS) is 18.2. The number of nitriles is 1. The molecule has 0 saturated carbocycles. The molecule has 2 aromatic carbocycles. The highest BCUT2D eigenvalue weighted by Gasteiger charge is 2.35. The predicted molar refractivity (Wildman–Crippen MR) is 140 cm³/mol. The second-order valence-electron chi connectivity index (χ2n) is 9.76. The number of nitrogens with one attached hydrogen (secondary N) is 2. The highest BCUT2D eigenvalue weighted by molar-refractivity contribution is 7.89. The van der Waals surface area contributed by atoms with Crippen molar-refractivity contribution in [2.24, 2.45) is 5.92 Å². The number of sulfonamides is 1. The van der Waals surface area contributed by atoms with Gasteiger partial charge in [0.1, 0.15) is 10.7 Å². The number of amides is 1. The maximum atomic E-state index is 14.3. The Bertz CT molecular complexity index is 1420. The Morgan fingerprint density at radius 3 is 2.37 bits per heavy atom. The molecule has 0 radical (unpaired) electrons. The van der Waals surface area contributed by atoms with Crippen LogP contribution in [0.3, 0.4) is 0 Å². The van der Waals surface area contributed by atoms with Gasteiger partial charge in [0.25, 0.3) is 0 Å². The van der Waals surface area contributed by atoms with Crippen LogP contribution >= 0.6 is 0 Å². The van der Waals surface area contributed by atoms with Crippen molar-refractivity contribution in [2.75, 3.05) is 31.5 Å². The minimum atomic E-state index is -4.01. The Balaban J connectivity index is 1.11. The summed E-state index contributed by atoms with van der Waals surface area (Å²) in [5.41, 5.74) is 2.87. The van der Waals surface area contributed by atoms with Gasteiger partial charge >= 0.3 is 0 Å². The van der Waals surface area contributed by atoms with E-state index in [1.165, 1.54) is 10.4 Å². The monoisotopic (exact) mass is 536 g/mol. The van der Waals surface area contributed by atoms with Gasteiger partial charge in [0.15, 0.2) is 0 Å². The molecule has 2 saturated heterocycles. The number of carbonyl (C=O) groups excluding carboxylic acids is 1. The second-order valence-corrected chi connectivity index (χ2v) is 11.7. The zero-order valence-electron chi connectivity index (χ0n) is 20.8. The molecule has 3 aromatic rings. The van der Waals surface area contributed by atoms with Crippen LogP contribution in [-0.2, 0) is 14.8 Å². The summed E-state index contributed by atoms with van der Waals surface area (Å²) in [5, 5.41) is 18.8. The van der Waals surface area contributed by atoms with Gasteiger partial charge in [-0.2, -0.15) is 14.7 Å². The fourth-order valence-electron chi connectivity index (χ4n) is 5.28. The van der Waals surface area contributed by atoms with Crippen LogP contribution < -0.4 is 5.32 Å². The minimum absolute atomic E-state index is 0.0169. The van der Waals surface area contributed by atoms with Crippen LogP contribution in [0.5, 0.6) is 0 Å². The lowest BCUT2D eigenvalue weighted by Crippen LogP contribution is -2.49. The third kappa shape index (κ3) is 5.48. The van der Waals surface area contributed by atoms with Crippen LogP contribution in [0.25, 0.3) is 11.1 Å². The summed E-state index contributed by atoms with van der Waals surface area (Å²) in [4.78, 5) is 14.7. The average Bonchev–Trinajstić information content (AvgIpc) is 3.49. The number of likely N-dealkylation sites (tertiary alicyclic amines) is 1. The minimum Gasteiger partial charge on any atom is -0.326 e. The molecule has 198 valence electrons. The number of nitrogens with zero attached hydrogens (tertiary/aromatic N) is 4. The van der Waals surface area contributed by atoms with Crippen molar-refractivity contribution in [3.8, 4) is 17.2 Å². The number of piperidine rings is 2. The van der Waals surface area contributed by atoms with Crippen LogP contribution in [0.1, 0.15) is 31.2 Å². The number of aromatic nitrogens is 2. The van der Waals surface area contributed by atoms with Crippen molar-refractivity contribution in [1.29, 1.82) is 5.26 Å². The average molecular weight is 537 g/mol. The van der Waals surface area contributed by atoms with Crippen molar-refractivity contribution in [1.82, 2.24) is 19.4 Å². The number of rotatable bonds is 6. The lowest BCUT2D eigenvalue weighted by atomic mass is 9.93. The van der Waals surface area contributed by atoms with Crippen molar-refractivity contribution in [3.05, 3.63) is 66.2 Å². The van der Waals surface area contributed by atoms with Crippen LogP contribution in [0.4, 0.5) is 10.1 Å². The van der Waals surface area contributed by atoms with Gasteiger partial charge in [-0.25, -0.2) is 12.8 Å². The SMILES string of the molecule is N#Cc1ccc(F)c(S(=O)(=O)N2CCC(N3CCC(C(=O)Nc4ccc(-c5cn[nH]c5)cc4)CC3)CC2)c1. The van der Waals surface area contributed by atoms with E-state index in [1.54, 1.807) is 6.20 Å². The summed E-state index contributed by atoms with van der Waals surface area (Å²) in [6.45, 7) is 2.12. The van der Waals surface area contributed by atoms with E-state index in [9.17, 15) is 17.6 Å². The van der Waals surface area contributed by atoms with Gasteiger partial charge in [0, 0.05) is 42.5 Å². The number of carbonyl (C=O) groups is 1. The van der Waals surface area contributed by atoms with Gasteiger partial charge in [-0.3, -0.25) is 9.89 Å². The molecule has 0 bridgehead atoms. The molecule has 2 aliphatic rings. The van der Waals surface area contributed by atoms with Crippen LogP contribution in [0.2, 0.25) is 0 Å². The highest BCUT2D eigenvalue weighted by atomic mass is 32.2. The van der Waals surface area contributed by atoms with Crippen molar-refractivity contribution >= 4 is 21.6 Å². The first-order chi connectivity index (χ1) is 18.3. The smallest absolute Gasteiger partial charge is 0.246 e. The first kappa shape index (κ1) is 26.0. The van der Waals surface area contributed by atoms with Gasteiger partial charge in [0.05, 0.1) is 17.8 Å². The predicted octanol–water partition coefficient (Wildman–Crippen LogP) is 3.59. The van der Waals surface area contributed by atoms with E-state index in [1.807, 2.05) is 36.5 Å². The number of aromatic amines is 1. The molecule has 2 N–H and O–H groups in total. The number of H-pyrrole nitrogens is 1. The molecular formula is C27H29FN6O3S. The highest BCUT2D eigenvalue weighted by Crippen LogP contribution is 2.29. The molecule has 2 fully saturated rings. The summed E-state index contributed by atoms with van der Waals surface area (Å²) in [7, 11) is -4.01. The number of anilines is 1. The molecule has 0 spiro atoms. The molecule has 2 aliphatic heterocycles. The van der Waals surface area contributed by atoms with Gasteiger partial charge in [-0.15, -0.1) is 0 Å². The third-order valence-electron chi connectivity index (χ3n) is 7.50. The maximum absolute atomic E-state index is 14.3. The largest absolute Gasteiger partial charge is 0.326 e. The van der Waals surface area contributed by atoms with Gasteiger partial charge in [-0.05, 0) is 74.7 Å². The van der Waals surface area contributed by atoms with Gasteiger partial charge in [-0.1, -0.05) is 12.1 Å². The molecule has 38 heavy (non-hydrogen) atoms. The Labute approximate surface area is 221 Å². The van der Waals surface area contributed by atoms with E-state index in [4.69, 9.17) is 5.26 Å². The second kappa shape index (κ2) is 11.0. The summed E-state index contributed by atoms with van der Waals surface area (Å²) < 4.78 is 41.6. The Kier molecular flexibility index (Phi) is 7.56. The quantitative estimate of drug-likeness (QED) is 0.497. The van der Waals surface area contributed by atoms with E-state index in [2.05, 4.69) is 20.4 Å². The molecule has 5 rings (SSSR count). The third-order valence-corrected chi connectivity index (χ3v) is 9.42. The van der Waals surface area contributed by atoms with Crippen molar-refractivity contribution in [3.63, 3.8) is 0 Å². The Morgan fingerprint density at radius 2 is 1.74 bits per heavy atom. The zero-order valence-corrected chi connectivity index (χ0v) is 21.6. The standard InChI is InChI=1S/C27H29FN6O3S/c28-25-6-1-19(16-29)15-26(25)38(36,37)34-13-9-24(10-14-34)33-11-7-21(8-12-33)27(35)32-23-4-2-20(3-5-23)22-17-30-31-18-22/h1-6,15,17-18,21,24H,7-14H2,(H,30,31)(H,32,35). The number of hydrogen-bond donors (Lipinski definition) is 2. The summed E-state index contributed by atoms with van der Waals surface area (Å²) in [6.07, 6.45) is 6.32. The first-order valence-electron chi connectivity index (χ1n) is 12.7. The van der Waals surface area contributed by atoms with Gasteiger partial charge < -0.3 is 10.2 Å². The van der Waals surface area contributed by atoms with Crippen LogP contribution in [0, 0.1) is 23.1 Å². The van der Waals surface area contributed by atoms with Crippen LogP contribution in [-0.4, -0.2) is 65.9 Å². The molecule has 1 aromatic heterocycles. The molecular weight excluding hydrogens is 507 g/mol. The Hall–Kier alpha value is -3.59. The number of halogens is 1. The lowest BCUT2D eigenvalue weighted by Gasteiger charge is -2.41. The first-order valence-corrected chi connectivity index (χ1v) is 14.1. The van der Waals surface area contributed by atoms with E-state index in [-0.39, 0.29) is 23.4 Å². The summed E-state index contributed by atoms with van der Waals surface area (Å²) in [6, 6.07) is 13.1. The molecule has 9 nitrogen and oxygen atoms in total. The van der Waals surface area contributed by atoms with E-state index >= 15 is 0 Å². The topological polar surface area (TPSA) is 122 Å². The van der Waals surface area contributed by atoms with E-state index in [0.29, 0.717) is 25.9 Å². The molecule has 0 atom stereocenters. The molecule has 0 unspecified atom stereocenters. The van der Waals surface area contributed by atoms with Crippen molar-refractivity contribution < 1.29 is 17.6 Å². The molecule has 0 aliphatic carbocycles. The lowest BCUT2D eigenvalue weighted by molar-refractivity contribution is -0.121. The Morgan fingerprint density at radius 1 is 1.03 bits per heavy atom. The fraction of sp³-hybridized carbons (Fsp3) is 0.370. The molecule has 1 amide bonds. The molecule has 11 heteroatoms. The molecule has 3 heterocycles. The number of benzene rings is 2.